The molecule has 3 nitrogen and oxygen atoms in total. The van der Waals surface area contributed by atoms with Crippen molar-refractivity contribution in [1.29, 1.82) is 0 Å². The summed E-state index contributed by atoms with van der Waals surface area (Å²) in [5.74, 6) is 1.54. The van der Waals surface area contributed by atoms with E-state index in [1.807, 2.05) is 12.1 Å². The highest BCUT2D eigenvalue weighted by atomic mass is 16.5. The molecule has 1 heterocycles. The van der Waals surface area contributed by atoms with E-state index in [4.69, 9.17) is 10.5 Å². The Morgan fingerprint density at radius 2 is 2.05 bits per heavy atom. The largest absolute Gasteiger partial charge is 0.496 e. The predicted octanol–water partition coefficient (Wildman–Crippen LogP) is 3.67. The van der Waals surface area contributed by atoms with Gasteiger partial charge in [0.15, 0.2) is 0 Å². The first kappa shape index (κ1) is 12.5. The summed E-state index contributed by atoms with van der Waals surface area (Å²) in [5, 5.41) is 1.17. The number of benzene rings is 1. The molecule has 1 atom stereocenters. The van der Waals surface area contributed by atoms with Crippen LogP contribution in [0.3, 0.4) is 0 Å². The van der Waals surface area contributed by atoms with Gasteiger partial charge in [-0.05, 0) is 37.8 Å². The summed E-state index contributed by atoms with van der Waals surface area (Å²) in [7, 11) is 1.72. The Morgan fingerprint density at radius 3 is 2.74 bits per heavy atom. The zero-order valence-corrected chi connectivity index (χ0v) is 11.7. The van der Waals surface area contributed by atoms with Gasteiger partial charge in [-0.25, -0.2) is 0 Å². The van der Waals surface area contributed by atoms with Gasteiger partial charge in [-0.3, -0.25) is 0 Å². The van der Waals surface area contributed by atoms with E-state index in [2.05, 4.69) is 18.0 Å². The molecular formula is C16H22N2O. The Bertz CT molecular complexity index is 582. The van der Waals surface area contributed by atoms with Gasteiger partial charge in [0.2, 0.25) is 0 Å². The minimum Gasteiger partial charge on any atom is -0.496 e. The molecule has 2 aromatic rings. The molecule has 102 valence electrons. The van der Waals surface area contributed by atoms with Crippen molar-refractivity contribution in [3.8, 4) is 5.75 Å². The van der Waals surface area contributed by atoms with Crippen molar-refractivity contribution in [3.63, 3.8) is 0 Å². The number of hydrogen-bond donors (Lipinski definition) is 2. The standard InChI is InChI=1S/C16H22N2O/c1-10-14(16(17)11-6-3-4-7-11)15-12(18-10)8-5-9-13(15)19-2/h5,8-9,11,16,18H,3-4,6-7,17H2,1-2H3. The lowest BCUT2D eigenvalue weighted by Crippen LogP contribution is -2.19. The number of H-pyrrole nitrogens is 1. The fourth-order valence-corrected chi connectivity index (χ4v) is 3.51. The van der Waals surface area contributed by atoms with Crippen LogP contribution in [0.15, 0.2) is 18.2 Å². The number of hydrogen-bond acceptors (Lipinski definition) is 2. The third-order valence-electron chi connectivity index (χ3n) is 4.48. The van der Waals surface area contributed by atoms with E-state index in [9.17, 15) is 0 Å². The second-order valence-electron chi connectivity index (χ2n) is 5.62. The first-order chi connectivity index (χ1) is 9.22. The number of ether oxygens (including phenoxy) is 1. The maximum absolute atomic E-state index is 6.56. The maximum Gasteiger partial charge on any atom is 0.128 e. The molecule has 3 N–H and O–H groups in total. The summed E-state index contributed by atoms with van der Waals surface area (Å²) in [6.45, 7) is 2.11. The zero-order valence-electron chi connectivity index (χ0n) is 11.7. The van der Waals surface area contributed by atoms with Crippen molar-refractivity contribution in [3.05, 3.63) is 29.5 Å². The monoisotopic (exact) mass is 258 g/mol. The fourth-order valence-electron chi connectivity index (χ4n) is 3.51. The number of rotatable bonds is 3. The topological polar surface area (TPSA) is 51.0 Å². The van der Waals surface area contributed by atoms with Gasteiger partial charge < -0.3 is 15.5 Å². The molecule has 0 saturated heterocycles. The van der Waals surface area contributed by atoms with E-state index in [1.54, 1.807) is 7.11 Å². The van der Waals surface area contributed by atoms with E-state index in [-0.39, 0.29) is 6.04 Å². The third-order valence-corrected chi connectivity index (χ3v) is 4.48. The van der Waals surface area contributed by atoms with Crippen molar-refractivity contribution in [1.82, 2.24) is 4.98 Å². The number of aromatic amines is 1. The number of aromatic nitrogens is 1. The van der Waals surface area contributed by atoms with Crippen LogP contribution < -0.4 is 10.5 Å². The van der Waals surface area contributed by atoms with Crippen LogP contribution in [0.1, 0.15) is 43.0 Å². The molecule has 1 aliphatic rings. The molecule has 19 heavy (non-hydrogen) atoms. The molecular weight excluding hydrogens is 236 g/mol. The SMILES string of the molecule is COc1cccc2[nH]c(C)c(C(N)C3CCCC3)c12. The Morgan fingerprint density at radius 1 is 1.32 bits per heavy atom. The molecule has 1 unspecified atom stereocenters. The molecule has 3 rings (SSSR count). The molecule has 1 fully saturated rings. The Kier molecular flexibility index (Phi) is 3.23. The summed E-state index contributed by atoms with van der Waals surface area (Å²) >= 11 is 0. The normalized spacial score (nSPS) is 18.1. The van der Waals surface area contributed by atoms with E-state index < -0.39 is 0 Å². The van der Waals surface area contributed by atoms with E-state index in [0.29, 0.717) is 5.92 Å². The predicted molar refractivity (Wildman–Crippen MR) is 78.5 cm³/mol. The van der Waals surface area contributed by atoms with Crippen LogP contribution in [-0.2, 0) is 0 Å². The molecule has 0 aliphatic heterocycles. The highest BCUT2D eigenvalue weighted by Crippen LogP contribution is 2.40. The van der Waals surface area contributed by atoms with Crippen molar-refractivity contribution in [2.24, 2.45) is 11.7 Å². The van der Waals surface area contributed by atoms with Crippen LogP contribution in [0, 0.1) is 12.8 Å². The summed E-state index contributed by atoms with van der Waals surface area (Å²) in [5.41, 5.74) is 10.1. The number of aryl methyl sites for hydroxylation is 1. The van der Waals surface area contributed by atoms with Crippen LogP contribution in [0.25, 0.3) is 10.9 Å². The number of fused-ring (bicyclic) bond motifs is 1. The van der Waals surface area contributed by atoms with Gasteiger partial charge in [-0.1, -0.05) is 18.9 Å². The molecule has 0 amide bonds. The Balaban J connectivity index is 2.13. The van der Waals surface area contributed by atoms with Crippen LogP contribution >= 0.6 is 0 Å². The molecule has 3 heteroatoms. The minimum absolute atomic E-state index is 0.118. The van der Waals surface area contributed by atoms with Gasteiger partial charge in [0.25, 0.3) is 0 Å². The molecule has 0 spiro atoms. The first-order valence-electron chi connectivity index (χ1n) is 7.13. The van der Waals surface area contributed by atoms with Gasteiger partial charge in [0.1, 0.15) is 5.75 Å². The van der Waals surface area contributed by atoms with Crippen LogP contribution in [0.4, 0.5) is 0 Å². The van der Waals surface area contributed by atoms with Gasteiger partial charge >= 0.3 is 0 Å². The lowest BCUT2D eigenvalue weighted by molar-refractivity contribution is 0.416. The van der Waals surface area contributed by atoms with E-state index in [0.717, 1.165) is 11.3 Å². The second kappa shape index (κ2) is 4.89. The third kappa shape index (κ3) is 2.02. The highest BCUT2D eigenvalue weighted by Gasteiger charge is 2.27. The second-order valence-corrected chi connectivity index (χ2v) is 5.62. The average molecular weight is 258 g/mol. The van der Waals surface area contributed by atoms with Crippen molar-refractivity contribution < 1.29 is 4.74 Å². The maximum atomic E-state index is 6.56. The van der Waals surface area contributed by atoms with Gasteiger partial charge in [-0.15, -0.1) is 0 Å². The Labute approximate surface area is 114 Å². The summed E-state index contributed by atoms with van der Waals surface area (Å²) in [6, 6.07) is 6.24. The molecule has 0 bridgehead atoms. The summed E-state index contributed by atoms with van der Waals surface area (Å²) in [4.78, 5) is 3.45. The van der Waals surface area contributed by atoms with E-state index in [1.165, 1.54) is 42.3 Å². The molecule has 0 radical (unpaired) electrons. The molecule has 1 saturated carbocycles. The van der Waals surface area contributed by atoms with Crippen LogP contribution in [0.5, 0.6) is 5.75 Å². The van der Waals surface area contributed by atoms with Crippen LogP contribution in [0.2, 0.25) is 0 Å². The number of nitrogens with two attached hydrogens (primary N) is 1. The minimum atomic E-state index is 0.118. The molecule has 1 aromatic carbocycles. The highest BCUT2D eigenvalue weighted by molar-refractivity contribution is 5.91. The van der Waals surface area contributed by atoms with Crippen molar-refractivity contribution in [2.75, 3.05) is 7.11 Å². The van der Waals surface area contributed by atoms with Gasteiger partial charge in [0.05, 0.1) is 7.11 Å². The number of methoxy groups -OCH3 is 1. The zero-order chi connectivity index (χ0) is 13.4. The lowest BCUT2D eigenvalue weighted by atomic mass is 9.90. The smallest absolute Gasteiger partial charge is 0.128 e. The van der Waals surface area contributed by atoms with Crippen LogP contribution in [-0.4, -0.2) is 12.1 Å². The average Bonchev–Trinajstić information content (AvgIpc) is 3.04. The molecule has 1 aliphatic carbocycles. The van der Waals surface area contributed by atoms with Gasteiger partial charge in [-0.2, -0.15) is 0 Å². The quantitative estimate of drug-likeness (QED) is 0.882. The summed E-state index contributed by atoms with van der Waals surface area (Å²) in [6.07, 6.45) is 5.14. The lowest BCUT2D eigenvalue weighted by Gasteiger charge is -2.20. The Hall–Kier alpha value is -1.48. The van der Waals surface area contributed by atoms with Crippen molar-refractivity contribution in [2.45, 2.75) is 38.6 Å². The van der Waals surface area contributed by atoms with E-state index >= 15 is 0 Å². The molecule has 1 aromatic heterocycles. The fraction of sp³-hybridized carbons (Fsp3) is 0.500. The van der Waals surface area contributed by atoms with Gasteiger partial charge in [0, 0.05) is 28.2 Å². The number of nitrogens with one attached hydrogen (secondary N) is 1. The van der Waals surface area contributed by atoms with Crippen molar-refractivity contribution >= 4 is 10.9 Å². The first-order valence-corrected chi connectivity index (χ1v) is 7.13. The summed E-state index contributed by atoms with van der Waals surface area (Å²) < 4.78 is 5.52.